The monoisotopic (exact) mass is 301 g/mol. The lowest BCUT2D eigenvalue weighted by Crippen LogP contribution is -2.41. The van der Waals surface area contributed by atoms with Gasteiger partial charge in [-0.25, -0.2) is 4.79 Å². The van der Waals surface area contributed by atoms with E-state index in [1.807, 2.05) is 33.8 Å². The molecule has 0 aliphatic heterocycles. The van der Waals surface area contributed by atoms with Crippen molar-refractivity contribution in [2.24, 2.45) is 0 Å². The molecule has 0 aliphatic carbocycles. The van der Waals surface area contributed by atoms with Crippen molar-refractivity contribution in [3.63, 3.8) is 0 Å². The van der Waals surface area contributed by atoms with Gasteiger partial charge in [0.25, 0.3) is 0 Å². The van der Waals surface area contributed by atoms with E-state index in [0.717, 1.165) is 0 Å². The van der Waals surface area contributed by atoms with Crippen molar-refractivity contribution in [3.8, 4) is 0 Å². The van der Waals surface area contributed by atoms with E-state index in [1.54, 1.807) is 11.8 Å². The molecule has 0 spiro atoms. The number of aliphatic hydroxyl groups is 1. The van der Waals surface area contributed by atoms with Crippen LogP contribution in [0.2, 0.25) is 25.2 Å². The predicted octanol–water partition coefficient (Wildman–Crippen LogP) is 3.84. The highest BCUT2D eigenvalue weighted by Crippen LogP contribution is 2.27. The van der Waals surface area contributed by atoms with E-state index in [4.69, 9.17) is 4.74 Å². The van der Waals surface area contributed by atoms with E-state index in [-0.39, 0.29) is 23.7 Å². The first-order valence-corrected chi connectivity index (χ1v) is 10.9. The minimum absolute atomic E-state index is 0.0712. The molecule has 0 fully saturated rings. The Kier molecular flexibility index (Phi) is 7.52. The van der Waals surface area contributed by atoms with Crippen molar-refractivity contribution in [1.29, 1.82) is 0 Å². The van der Waals surface area contributed by atoms with Crippen LogP contribution in [0.1, 0.15) is 34.6 Å². The molecule has 5 heteroatoms. The summed E-state index contributed by atoms with van der Waals surface area (Å²) in [6.45, 7) is 16.2. The van der Waals surface area contributed by atoms with Crippen LogP contribution in [0, 0.1) is 0 Å². The highest BCUT2D eigenvalue weighted by molar-refractivity contribution is 6.78. The number of amides is 1. The fourth-order valence-corrected chi connectivity index (χ4v) is 4.54. The van der Waals surface area contributed by atoms with E-state index in [0.29, 0.717) is 0 Å². The molecule has 0 saturated carbocycles. The second-order valence-corrected chi connectivity index (χ2v) is 12.3. The van der Waals surface area contributed by atoms with Crippen molar-refractivity contribution >= 4 is 14.2 Å². The second-order valence-electron chi connectivity index (χ2n) is 6.94. The molecule has 4 nitrogen and oxygen atoms in total. The number of ether oxygens (including phenoxy) is 1. The number of hydrogen-bond acceptors (Lipinski definition) is 3. The Hall–Kier alpha value is -0.813. The van der Waals surface area contributed by atoms with Crippen molar-refractivity contribution < 1.29 is 14.6 Å². The quantitative estimate of drug-likeness (QED) is 0.599. The Morgan fingerprint density at radius 1 is 1.10 bits per heavy atom. The molecule has 0 bridgehead atoms. The van der Waals surface area contributed by atoms with Gasteiger partial charge in [0.15, 0.2) is 0 Å². The normalized spacial score (nSPS) is 15.8. The third-order valence-electron chi connectivity index (χ3n) is 3.30. The van der Waals surface area contributed by atoms with E-state index in [9.17, 15) is 9.90 Å². The zero-order chi connectivity index (χ0) is 16.1. The molecular weight excluding hydrogens is 270 g/mol. The second kappa shape index (κ2) is 7.83. The summed E-state index contributed by atoms with van der Waals surface area (Å²) in [6, 6.07) is 0.195. The van der Waals surface area contributed by atoms with Gasteiger partial charge in [0.2, 0.25) is 0 Å². The Morgan fingerprint density at radius 2 is 1.55 bits per heavy atom. The Bertz CT molecular complexity index is 325. The van der Waals surface area contributed by atoms with Crippen molar-refractivity contribution in [2.75, 3.05) is 0 Å². The Labute approximate surface area is 124 Å². The van der Waals surface area contributed by atoms with Crippen LogP contribution in [0.25, 0.3) is 0 Å². The smallest absolute Gasteiger partial charge is 0.415 e. The molecule has 0 aromatic carbocycles. The molecule has 1 amide bonds. The zero-order valence-corrected chi connectivity index (χ0v) is 15.2. The van der Waals surface area contributed by atoms with E-state index in [2.05, 4.69) is 19.6 Å². The average molecular weight is 302 g/mol. The van der Waals surface area contributed by atoms with Gasteiger partial charge in [0.05, 0.1) is 20.4 Å². The largest absolute Gasteiger partial charge is 0.418 e. The van der Waals surface area contributed by atoms with Gasteiger partial charge in [-0.15, -0.1) is 0 Å². The first-order valence-electron chi connectivity index (χ1n) is 7.32. The fraction of sp³-hybridized carbons (Fsp3) is 0.800. The molecule has 0 aromatic heterocycles. The summed E-state index contributed by atoms with van der Waals surface area (Å²) >= 11 is 0. The Morgan fingerprint density at radius 3 is 1.85 bits per heavy atom. The number of rotatable bonds is 6. The summed E-state index contributed by atoms with van der Waals surface area (Å²) < 4.78 is 5.22. The van der Waals surface area contributed by atoms with Gasteiger partial charge in [0, 0.05) is 17.6 Å². The van der Waals surface area contributed by atoms with E-state index < -0.39 is 14.2 Å². The molecule has 0 rings (SSSR count). The van der Waals surface area contributed by atoms with Gasteiger partial charge < -0.3 is 14.7 Å². The van der Waals surface area contributed by atoms with Gasteiger partial charge in [-0.3, -0.25) is 0 Å². The standard InChI is InChI=1S/C15H31NO3Si/c1-11(2)16(12(3)4)15(18)19-10-9-14(13(5)17)20(6,7)8/h9-14,17H,1-8H3/b10-9+/t13-,14+/m0/s1. The summed E-state index contributed by atoms with van der Waals surface area (Å²) in [4.78, 5) is 13.7. The first kappa shape index (κ1) is 19.2. The maximum atomic E-state index is 12.0. The van der Waals surface area contributed by atoms with Crippen LogP contribution in [0.3, 0.4) is 0 Å². The van der Waals surface area contributed by atoms with Gasteiger partial charge in [0.1, 0.15) is 0 Å². The minimum atomic E-state index is -1.53. The molecule has 0 aliphatic rings. The number of aliphatic hydroxyl groups excluding tert-OH is 1. The topological polar surface area (TPSA) is 49.8 Å². The SMILES string of the molecule is CC(C)N(C(=O)O/C=C/[C@H]([C@H](C)O)[Si](C)(C)C)C(C)C. The van der Waals surface area contributed by atoms with Crippen LogP contribution in [-0.4, -0.2) is 42.4 Å². The lowest BCUT2D eigenvalue weighted by atomic mass is 10.2. The van der Waals surface area contributed by atoms with Gasteiger partial charge in [-0.2, -0.15) is 0 Å². The molecule has 0 saturated heterocycles. The molecular formula is C15H31NO3Si. The molecule has 118 valence electrons. The summed E-state index contributed by atoms with van der Waals surface area (Å²) in [5.74, 6) is 0. The maximum absolute atomic E-state index is 12.0. The lowest BCUT2D eigenvalue weighted by Gasteiger charge is -2.30. The molecule has 2 atom stereocenters. The van der Waals surface area contributed by atoms with Crippen molar-refractivity contribution in [2.45, 2.75) is 78.0 Å². The molecule has 20 heavy (non-hydrogen) atoms. The summed E-state index contributed by atoms with van der Waals surface area (Å²) in [5, 5.41) is 9.83. The molecule has 0 unspecified atom stereocenters. The number of nitrogens with zero attached hydrogens (tertiary/aromatic N) is 1. The van der Waals surface area contributed by atoms with Crippen LogP contribution in [0.5, 0.6) is 0 Å². The first-order chi connectivity index (χ1) is 8.98. The molecule has 0 heterocycles. The van der Waals surface area contributed by atoms with Crippen LogP contribution in [-0.2, 0) is 4.74 Å². The van der Waals surface area contributed by atoms with Crippen molar-refractivity contribution in [3.05, 3.63) is 12.3 Å². The predicted molar refractivity (Wildman–Crippen MR) is 86.5 cm³/mol. The highest BCUT2D eigenvalue weighted by Gasteiger charge is 2.28. The highest BCUT2D eigenvalue weighted by atomic mass is 28.3. The van der Waals surface area contributed by atoms with E-state index >= 15 is 0 Å². The van der Waals surface area contributed by atoms with Gasteiger partial charge >= 0.3 is 6.09 Å². The van der Waals surface area contributed by atoms with Gasteiger partial charge in [-0.05, 0) is 40.7 Å². The molecule has 0 aromatic rings. The third-order valence-corrected chi connectivity index (χ3v) is 5.97. The number of hydrogen-bond donors (Lipinski definition) is 1. The zero-order valence-electron chi connectivity index (χ0n) is 14.2. The lowest BCUT2D eigenvalue weighted by molar-refractivity contribution is 0.108. The van der Waals surface area contributed by atoms with Crippen LogP contribution >= 0.6 is 0 Å². The fourth-order valence-electron chi connectivity index (χ4n) is 2.43. The Balaban J connectivity index is 4.74. The van der Waals surface area contributed by atoms with Crippen LogP contribution in [0.4, 0.5) is 4.79 Å². The molecule has 0 radical (unpaired) electrons. The number of carbonyl (C=O) groups is 1. The van der Waals surface area contributed by atoms with Crippen molar-refractivity contribution in [1.82, 2.24) is 4.90 Å². The summed E-state index contributed by atoms with van der Waals surface area (Å²) in [6.07, 6.45) is 2.50. The summed E-state index contributed by atoms with van der Waals surface area (Å²) in [5.41, 5.74) is 0.0712. The third kappa shape index (κ3) is 6.09. The van der Waals surface area contributed by atoms with Crippen LogP contribution < -0.4 is 0 Å². The van der Waals surface area contributed by atoms with E-state index in [1.165, 1.54) is 6.26 Å². The minimum Gasteiger partial charge on any atom is -0.418 e. The summed E-state index contributed by atoms with van der Waals surface area (Å²) in [7, 11) is -1.53. The van der Waals surface area contributed by atoms with Gasteiger partial charge in [-0.1, -0.05) is 19.6 Å². The average Bonchev–Trinajstić information content (AvgIpc) is 2.20. The van der Waals surface area contributed by atoms with Crippen LogP contribution in [0.15, 0.2) is 12.3 Å². The maximum Gasteiger partial charge on any atom is 0.415 e. The number of carbonyl (C=O) groups excluding carboxylic acids is 1. The molecule has 1 N–H and O–H groups in total.